The largest absolute Gasteiger partial charge is 0.265 e. The van der Waals surface area contributed by atoms with Gasteiger partial charge in [-0.1, -0.05) is 23.2 Å². The van der Waals surface area contributed by atoms with Crippen molar-refractivity contribution in [3.05, 3.63) is 16.4 Å². The summed E-state index contributed by atoms with van der Waals surface area (Å²) in [6, 6.07) is 0. The lowest BCUT2D eigenvalue weighted by molar-refractivity contribution is 1.12. The van der Waals surface area contributed by atoms with Crippen LogP contribution in [0.25, 0.3) is 0 Å². The maximum absolute atomic E-state index is 6.87. The van der Waals surface area contributed by atoms with E-state index in [1.165, 1.54) is 6.20 Å². The highest BCUT2D eigenvalue weighted by Crippen LogP contribution is 2.17. The molecule has 0 saturated heterocycles. The highest BCUT2D eigenvalue weighted by Gasteiger charge is 1.97. The van der Waals surface area contributed by atoms with Crippen LogP contribution in [0.1, 0.15) is 0 Å². The van der Waals surface area contributed by atoms with Gasteiger partial charge in [-0.05, 0) is 0 Å². The van der Waals surface area contributed by atoms with Crippen LogP contribution >= 0.6 is 23.2 Å². The molecule has 0 aliphatic heterocycles. The van der Waals surface area contributed by atoms with Crippen molar-refractivity contribution in [1.82, 2.24) is 15.7 Å². The standard InChI is InChI=1S/C4H2Cl2N3/c5-2-1-8-4(7)9-3(2)6/h1,7H. The SMILES string of the molecule is [NH]c1ncc(Cl)c(Cl)n1. The Hall–Kier alpha value is -0.540. The van der Waals surface area contributed by atoms with Gasteiger partial charge in [0, 0.05) is 0 Å². The van der Waals surface area contributed by atoms with Gasteiger partial charge in [0.25, 0.3) is 0 Å². The highest BCUT2D eigenvalue weighted by molar-refractivity contribution is 6.41. The smallest absolute Gasteiger partial charge is 0.243 e. The maximum Gasteiger partial charge on any atom is 0.243 e. The summed E-state index contributed by atoms with van der Waals surface area (Å²) in [6.45, 7) is 0. The molecule has 0 atom stereocenters. The molecule has 3 nitrogen and oxygen atoms in total. The number of nitrogens with zero attached hydrogens (tertiary/aromatic N) is 2. The van der Waals surface area contributed by atoms with Crippen LogP contribution in [0.4, 0.5) is 5.95 Å². The molecule has 1 N–H and O–H groups in total. The lowest BCUT2D eigenvalue weighted by Crippen LogP contribution is -1.83. The van der Waals surface area contributed by atoms with Crippen molar-refractivity contribution in [2.45, 2.75) is 0 Å². The van der Waals surface area contributed by atoms with Gasteiger partial charge in [0.15, 0.2) is 5.15 Å². The van der Waals surface area contributed by atoms with E-state index in [0.717, 1.165) is 0 Å². The summed E-state index contributed by atoms with van der Waals surface area (Å²) in [5, 5.41) is 0.393. The lowest BCUT2D eigenvalue weighted by atomic mass is 10.7. The summed E-state index contributed by atoms with van der Waals surface area (Å²) in [4.78, 5) is 6.94. The second-order valence-electron chi connectivity index (χ2n) is 1.33. The van der Waals surface area contributed by atoms with E-state index in [1.54, 1.807) is 0 Å². The van der Waals surface area contributed by atoms with Crippen LogP contribution in [-0.4, -0.2) is 9.97 Å². The van der Waals surface area contributed by atoms with E-state index in [-0.39, 0.29) is 16.1 Å². The lowest BCUT2D eigenvalue weighted by Gasteiger charge is -1.91. The highest BCUT2D eigenvalue weighted by atomic mass is 35.5. The van der Waals surface area contributed by atoms with Gasteiger partial charge in [0.05, 0.1) is 11.2 Å². The van der Waals surface area contributed by atoms with Gasteiger partial charge in [-0.25, -0.2) is 4.98 Å². The van der Waals surface area contributed by atoms with Crippen LogP contribution in [0.3, 0.4) is 0 Å². The molecule has 0 aliphatic rings. The summed E-state index contributed by atoms with van der Waals surface area (Å²) >= 11 is 10.9. The Morgan fingerprint density at radius 1 is 1.44 bits per heavy atom. The third-order valence-electron chi connectivity index (χ3n) is 0.701. The maximum atomic E-state index is 6.87. The van der Waals surface area contributed by atoms with Crippen molar-refractivity contribution in [2.24, 2.45) is 0 Å². The average Bonchev–Trinajstić information content (AvgIpc) is 1.80. The van der Waals surface area contributed by atoms with Crippen LogP contribution in [0, 0.1) is 0 Å². The molecule has 0 fully saturated rings. The van der Waals surface area contributed by atoms with E-state index in [1.807, 2.05) is 0 Å². The zero-order valence-corrected chi connectivity index (χ0v) is 5.74. The van der Waals surface area contributed by atoms with Crippen molar-refractivity contribution < 1.29 is 0 Å². The van der Waals surface area contributed by atoms with Gasteiger partial charge in [-0.15, -0.1) is 0 Å². The van der Waals surface area contributed by atoms with E-state index in [4.69, 9.17) is 28.9 Å². The van der Waals surface area contributed by atoms with Crippen molar-refractivity contribution in [3.63, 3.8) is 0 Å². The monoisotopic (exact) mass is 162 g/mol. The first kappa shape index (κ1) is 6.58. The Morgan fingerprint density at radius 2 is 2.11 bits per heavy atom. The molecule has 47 valence electrons. The Morgan fingerprint density at radius 3 is 2.56 bits per heavy atom. The fourth-order valence-electron chi connectivity index (χ4n) is 0.346. The Kier molecular flexibility index (Phi) is 1.73. The number of nitrogens with one attached hydrogen (secondary N) is 1. The molecule has 0 aliphatic carbocycles. The second kappa shape index (κ2) is 2.37. The fourth-order valence-corrected chi connectivity index (χ4v) is 0.566. The number of hydrogen-bond donors (Lipinski definition) is 0. The first-order valence-electron chi connectivity index (χ1n) is 2.10. The molecule has 0 unspecified atom stereocenters. The van der Waals surface area contributed by atoms with Gasteiger partial charge < -0.3 is 0 Å². The van der Waals surface area contributed by atoms with Crippen molar-refractivity contribution in [3.8, 4) is 0 Å². The summed E-state index contributed by atoms with van der Waals surface area (Å²) in [7, 11) is 0. The molecule has 5 heteroatoms. The molecule has 1 heterocycles. The number of halogens is 2. The molecule has 0 bridgehead atoms. The quantitative estimate of drug-likeness (QED) is 0.546. The van der Waals surface area contributed by atoms with Crippen LogP contribution in [0.5, 0.6) is 0 Å². The molecule has 0 aromatic carbocycles. The Balaban J connectivity index is 3.17. The van der Waals surface area contributed by atoms with Gasteiger partial charge in [0.2, 0.25) is 5.95 Å². The van der Waals surface area contributed by atoms with Crippen molar-refractivity contribution in [1.29, 1.82) is 0 Å². The van der Waals surface area contributed by atoms with Crippen LogP contribution in [-0.2, 0) is 0 Å². The molecule has 1 radical (unpaired) electrons. The molecule has 0 saturated carbocycles. The number of aromatic nitrogens is 2. The molecule has 0 amide bonds. The van der Waals surface area contributed by atoms with Gasteiger partial charge in [0.1, 0.15) is 0 Å². The number of hydrogen-bond acceptors (Lipinski definition) is 2. The van der Waals surface area contributed by atoms with Crippen molar-refractivity contribution in [2.75, 3.05) is 0 Å². The Labute approximate surface area is 61.8 Å². The molecule has 0 spiro atoms. The molecular weight excluding hydrogens is 161 g/mol. The summed E-state index contributed by atoms with van der Waals surface area (Å²) < 4.78 is 0. The Bertz CT molecular complexity index is 225. The van der Waals surface area contributed by atoms with E-state index in [0.29, 0.717) is 0 Å². The van der Waals surface area contributed by atoms with Crippen molar-refractivity contribution >= 4 is 29.2 Å². The number of rotatable bonds is 0. The zero-order valence-electron chi connectivity index (χ0n) is 4.23. The summed E-state index contributed by atoms with van der Waals surface area (Å²) in [5.74, 6) is -0.121. The van der Waals surface area contributed by atoms with Crippen LogP contribution < -0.4 is 5.73 Å². The van der Waals surface area contributed by atoms with Gasteiger partial charge >= 0.3 is 0 Å². The third kappa shape index (κ3) is 1.43. The molecule has 9 heavy (non-hydrogen) atoms. The minimum atomic E-state index is -0.121. The van der Waals surface area contributed by atoms with Gasteiger partial charge in [-0.3, -0.25) is 5.73 Å². The van der Waals surface area contributed by atoms with E-state index >= 15 is 0 Å². The van der Waals surface area contributed by atoms with Gasteiger partial charge in [-0.2, -0.15) is 4.98 Å². The molecule has 1 aromatic heterocycles. The minimum Gasteiger partial charge on any atom is -0.265 e. The topological polar surface area (TPSA) is 49.6 Å². The minimum absolute atomic E-state index is 0.121. The van der Waals surface area contributed by atoms with E-state index in [2.05, 4.69) is 9.97 Å². The van der Waals surface area contributed by atoms with E-state index in [9.17, 15) is 0 Å². The first-order valence-corrected chi connectivity index (χ1v) is 2.85. The first-order chi connectivity index (χ1) is 4.20. The summed E-state index contributed by atoms with van der Waals surface area (Å²) in [5.41, 5.74) is 6.87. The average molecular weight is 163 g/mol. The van der Waals surface area contributed by atoms with Crippen LogP contribution in [0.15, 0.2) is 6.20 Å². The third-order valence-corrected chi connectivity index (χ3v) is 1.36. The molecule has 1 rings (SSSR count). The normalized spacial score (nSPS) is 9.56. The second-order valence-corrected chi connectivity index (χ2v) is 2.10. The predicted octanol–water partition coefficient (Wildman–Crippen LogP) is 1.70. The molecule has 1 aromatic rings. The predicted molar refractivity (Wildman–Crippen MR) is 34.8 cm³/mol. The summed E-state index contributed by atoms with van der Waals surface area (Å²) in [6.07, 6.45) is 1.29. The fraction of sp³-hybridized carbons (Fsp3) is 0. The van der Waals surface area contributed by atoms with Crippen LogP contribution in [0.2, 0.25) is 10.2 Å². The zero-order chi connectivity index (χ0) is 6.85. The molecular formula is C4H2Cl2N3. The van der Waals surface area contributed by atoms with E-state index < -0.39 is 0 Å².